The van der Waals surface area contributed by atoms with Crippen molar-refractivity contribution in [2.45, 2.75) is 20.0 Å². The predicted octanol–water partition coefficient (Wildman–Crippen LogP) is 0.752. The maximum absolute atomic E-state index is 9.96. The van der Waals surface area contributed by atoms with Crippen molar-refractivity contribution in [2.24, 2.45) is 0 Å². The molecule has 0 saturated heterocycles. The lowest BCUT2D eigenvalue weighted by molar-refractivity contribution is 0.274. The van der Waals surface area contributed by atoms with E-state index in [4.69, 9.17) is 0 Å². The van der Waals surface area contributed by atoms with E-state index in [0.29, 0.717) is 0 Å². The van der Waals surface area contributed by atoms with Crippen molar-refractivity contribution in [1.82, 2.24) is 0 Å². The molecule has 0 aliphatic heterocycles. The quantitative estimate of drug-likeness (QED) is 0.528. The van der Waals surface area contributed by atoms with Gasteiger partial charge in [-0.15, -0.1) is 0 Å². The molecule has 0 bridgehead atoms. The molecule has 0 amide bonds. The van der Waals surface area contributed by atoms with Crippen molar-refractivity contribution in [3.8, 4) is 0 Å². The van der Waals surface area contributed by atoms with Gasteiger partial charge < -0.3 is 8.39 Å². The fourth-order valence-electron chi connectivity index (χ4n) is 0.157. The Bertz CT molecular complexity index is 97.5. The fourth-order valence-corrected chi connectivity index (χ4v) is 0.943. The summed E-state index contributed by atoms with van der Waals surface area (Å²) in [6, 6.07) is 0. The minimum absolute atomic E-state index is 0.0293. The molecule has 0 atom stereocenters. The monoisotopic (exact) mass is 139 g/mol. The number of hydrogen-bond acceptors (Lipinski definition) is 4. The molecular formula is C3H7O2S2-. The van der Waals surface area contributed by atoms with Crippen LogP contribution in [0.4, 0.5) is 0 Å². The molecule has 0 aliphatic carbocycles. The van der Waals surface area contributed by atoms with E-state index in [2.05, 4.69) is 15.4 Å². The first-order chi connectivity index (χ1) is 3.13. The van der Waals surface area contributed by atoms with E-state index in [9.17, 15) is 4.21 Å². The summed E-state index contributed by atoms with van der Waals surface area (Å²) in [5.41, 5.74) is 0. The van der Waals surface area contributed by atoms with Gasteiger partial charge in [0.05, 0.1) is 0 Å². The zero-order chi connectivity index (χ0) is 5.86. The molecule has 7 heavy (non-hydrogen) atoms. The zero-order valence-electron chi connectivity index (χ0n) is 4.21. The summed E-state index contributed by atoms with van der Waals surface area (Å²) >= 11 is 4.21. The van der Waals surface area contributed by atoms with Gasteiger partial charge in [0.15, 0.2) is 0 Å². The van der Waals surface area contributed by atoms with Gasteiger partial charge in [0.1, 0.15) is 0 Å². The molecule has 0 aromatic rings. The Morgan fingerprint density at radius 1 is 1.71 bits per heavy atom. The third-order valence-electron chi connectivity index (χ3n) is 0.271. The van der Waals surface area contributed by atoms with Gasteiger partial charge >= 0.3 is 0 Å². The first-order valence-corrected chi connectivity index (χ1v) is 3.89. The van der Waals surface area contributed by atoms with Crippen LogP contribution in [-0.4, -0.2) is 6.10 Å². The lowest BCUT2D eigenvalue weighted by Crippen LogP contribution is -1.97. The van der Waals surface area contributed by atoms with E-state index in [1.807, 2.05) is 0 Å². The molecule has 0 radical (unpaired) electrons. The molecule has 0 unspecified atom stereocenters. The molecule has 0 saturated carbocycles. The Kier molecular flexibility index (Phi) is 3.50. The van der Waals surface area contributed by atoms with Gasteiger partial charge in [0, 0.05) is 6.10 Å². The van der Waals surface area contributed by atoms with Gasteiger partial charge in [-0.1, -0.05) is 9.64 Å². The highest BCUT2D eigenvalue weighted by Crippen LogP contribution is 1.84. The molecular weight excluding hydrogens is 132 g/mol. The van der Waals surface area contributed by atoms with Crippen LogP contribution in [0.25, 0.3) is 0 Å². The Morgan fingerprint density at radius 2 is 2.14 bits per heavy atom. The highest BCUT2D eigenvalue weighted by molar-refractivity contribution is 8.19. The van der Waals surface area contributed by atoms with E-state index in [0.717, 1.165) is 0 Å². The van der Waals surface area contributed by atoms with Crippen LogP contribution in [0.15, 0.2) is 0 Å². The van der Waals surface area contributed by atoms with Gasteiger partial charge in [0.25, 0.3) is 0 Å². The van der Waals surface area contributed by atoms with E-state index < -0.39 is 9.64 Å². The van der Waals surface area contributed by atoms with Crippen LogP contribution in [0.3, 0.4) is 0 Å². The first-order valence-electron chi connectivity index (χ1n) is 1.89. The van der Waals surface area contributed by atoms with E-state index in [-0.39, 0.29) is 6.10 Å². The highest BCUT2D eigenvalue weighted by Gasteiger charge is 1.79. The second kappa shape index (κ2) is 3.35. The maximum Gasteiger partial charge on any atom is 0.0315 e. The molecule has 4 heteroatoms. The van der Waals surface area contributed by atoms with Crippen LogP contribution in [0, 0.1) is 0 Å². The van der Waals surface area contributed by atoms with Gasteiger partial charge in [0.2, 0.25) is 0 Å². The summed E-state index contributed by atoms with van der Waals surface area (Å²) in [4.78, 5) is 0. The lowest BCUT2D eigenvalue weighted by atomic mass is 10.5. The molecule has 0 aromatic carbocycles. The normalized spacial score (nSPS) is 10.9. The Hall–Kier alpha value is 0.330. The van der Waals surface area contributed by atoms with Crippen LogP contribution in [0.2, 0.25) is 0 Å². The zero-order valence-corrected chi connectivity index (χ0v) is 5.84. The molecule has 2 nitrogen and oxygen atoms in total. The van der Waals surface area contributed by atoms with Crippen LogP contribution >= 0.6 is 0 Å². The van der Waals surface area contributed by atoms with Gasteiger partial charge in [-0.3, -0.25) is 0 Å². The molecule has 0 rings (SSSR count). The van der Waals surface area contributed by atoms with Crippen LogP contribution in [0.5, 0.6) is 0 Å². The summed E-state index contributed by atoms with van der Waals surface area (Å²) in [5.74, 6) is 0. The van der Waals surface area contributed by atoms with Crippen molar-refractivity contribution in [3.63, 3.8) is 0 Å². The molecule has 0 N–H and O–H groups in total. The second-order valence-electron chi connectivity index (χ2n) is 1.35. The van der Waals surface area contributed by atoms with Crippen molar-refractivity contribution < 1.29 is 8.39 Å². The highest BCUT2D eigenvalue weighted by atomic mass is 32.8. The smallest absolute Gasteiger partial charge is 0.0315 e. The summed E-state index contributed by atoms with van der Waals surface area (Å²) in [5, 5.41) is 0. The van der Waals surface area contributed by atoms with Crippen LogP contribution in [0.1, 0.15) is 13.8 Å². The minimum atomic E-state index is -1.51. The molecule has 0 fully saturated rings. The topological polar surface area (TPSA) is 26.3 Å². The average molecular weight is 139 g/mol. The number of rotatable bonds is 2. The van der Waals surface area contributed by atoms with E-state index >= 15 is 0 Å². The van der Waals surface area contributed by atoms with Crippen molar-refractivity contribution in [2.75, 3.05) is 0 Å². The molecule has 0 heterocycles. The maximum atomic E-state index is 9.96. The van der Waals surface area contributed by atoms with Crippen molar-refractivity contribution in [3.05, 3.63) is 0 Å². The van der Waals surface area contributed by atoms with Crippen LogP contribution in [-0.2, 0) is 29.2 Å². The van der Waals surface area contributed by atoms with Crippen LogP contribution < -0.4 is 0 Å². The van der Waals surface area contributed by atoms with Gasteiger partial charge in [-0.2, -0.15) is 0 Å². The summed E-state index contributed by atoms with van der Waals surface area (Å²) in [6.07, 6.45) is -0.0293. The Morgan fingerprint density at radius 3 is 2.14 bits per heavy atom. The molecule has 0 aliphatic rings. The average Bonchev–Trinajstić information content (AvgIpc) is 1.27. The predicted molar refractivity (Wildman–Crippen MR) is 31.6 cm³/mol. The SMILES string of the molecule is CC(C)O[S-](=O)=S. The fraction of sp³-hybridized carbons (Fsp3) is 1.00. The third-order valence-corrected chi connectivity index (χ3v) is 1.05. The van der Waals surface area contributed by atoms with E-state index in [1.165, 1.54) is 0 Å². The van der Waals surface area contributed by atoms with Gasteiger partial charge in [-0.25, -0.2) is 11.2 Å². The first kappa shape index (κ1) is 7.33. The van der Waals surface area contributed by atoms with Gasteiger partial charge in [-0.05, 0) is 13.8 Å². The van der Waals surface area contributed by atoms with Crippen molar-refractivity contribution >= 4 is 20.8 Å². The molecule has 0 spiro atoms. The molecule has 44 valence electrons. The summed E-state index contributed by atoms with van der Waals surface area (Å²) < 4.78 is 14.5. The second-order valence-corrected chi connectivity index (χ2v) is 2.77. The minimum Gasteiger partial charge on any atom is -0.441 e. The summed E-state index contributed by atoms with van der Waals surface area (Å²) in [6.45, 7) is 3.56. The Labute approximate surface area is 49.8 Å². The largest absolute Gasteiger partial charge is 0.441 e. The standard InChI is InChI=1S/C3H7O2S2/c1-3(2)5-7(4)6/h3H,1-2H3/q-1. The van der Waals surface area contributed by atoms with Crippen molar-refractivity contribution in [1.29, 1.82) is 0 Å². The molecule has 0 aromatic heterocycles. The lowest BCUT2D eigenvalue weighted by Gasteiger charge is -2.06. The Balaban J connectivity index is 3.32. The summed E-state index contributed by atoms with van der Waals surface area (Å²) in [7, 11) is -1.51. The van der Waals surface area contributed by atoms with E-state index in [1.54, 1.807) is 13.8 Å². The third kappa shape index (κ3) is 6.33. The number of hydrogen-bond donors (Lipinski definition) is 0.